The smallest absolute Gasteiger partial charge is 0.337 e. The summed E-state index contributed by atoms with van der Waals surface area (Å²) in [6.07, 6.45) is 0. The number of ether oxygens (including phenoxy) is 2. The number of alkyl halides is 1. The van der Waals surface area contributed by atoms with Crippen LogP contribution in [0.4, 0.5) is 4.39 Å². The fraction of sp³-hybridized carbons (Fsp3) is 0.125. The van der Waals surface area contributed by atoms with Crippen LogP contribution in [-0.4, -0.2) is 43.3 Å². The van der Waals surface area contributed by atoms with Crippen molar-refractivity contribution >= 4 is 45.3 Å². The molecule has 7 nitrogen and oxygen atoms in total. The van der Waals surface area contributed by atoms with Crippen molar-refractivity contribution in [2.75, 3.05) is 21.4 Å². The van der Waals surface area contributed by atoms with E-state index in [1.54, 1.807) is 54.6 Å². The molecule has 4 rings (SSSR count). The van der Waals surface area contributed by atoms with E-state index in [1.807, 2.05) is 12.1 Å². The highest BCUT2D eigenvalue weighted by molar-refractivity contribution is 6.29. The van der Waals surface area contributed by atoms with Gasteiger partial charge in [0.1, 0.15) is 16.9 Å². The van der Waals surface area contributed by atoms with E-state index in [9.17, 15) is 14.0 Å². The molecular formula is C24H19ClFN3O4. The first-order valence-corrected chi connectivity index (χ1v) is 9.63. The molecule has 0 spiro atoms. The van der Waals surface area contributed by atoms with Crippen molar-refractivity contribution in [1.82, 2.24) is 9.97 Å². The number of carbonyl (C=O) groups is 2. The van der Waals surface area contributed by atoms with Crippen molar-refractivity contribution in [3.05, 3.63) is 82.6 Å². The average molecular weight is 469 g/mol. The Kier molecular flexibility index (Phi) is 8.63. The molecule has 4 aromatic rings. The lowest BCUT2D eigenvalue weighted by Crippen LogP contribution is -2.00. The second kappa shape index (κ2) is 12.1. The first-order chi connectivity index (χ1) is 16.4. The molecular weight excluding hydrogens is 449 g/mol. The quantitative estimate of drug-likeness (QED) is 0.296. The number of benzene rings is 2. The standard InChI is InChI=1S/C12H8N2O2.C11H8ClNO2.CH3F/c1-16-12(15)9-3-5-11-8(6-9)2-4-10(7-13)14-11;1-15-11(14)8-2-4-9-7(6-8)3-5-10(12)13-9;1-2/h2-6H,1H3;2-6H,1H3;1H3/i;;1D. The summed E-state index contributed by atoms with van der Waals surface area (Å²) in [4.78, 5) is 30.8. The van der Waals surface area contributed by atoms with Gasteiger partial charge in [-0.1, -0.05) is 11.6 Å². The van der Waals surface area contributed by atoms with Crippen molar-refractivity contribution in [3.8, 4) is 6.07 Å². The molecule has 168 valence electrons. The number of rotatable bonds is 2. The van der Waals surface area contributed by atoms with Gasteiger partial charge in [-0.3, -0.25) is 4.39 Å². The van der Waals surface area contributed by atoms with Gasteiger partial charge in [0.05, 0.1) is 44.9 Å². The molecule has 0 aliphatic carbocycles. The molecule has 2 heterocycles. The summed E-state index contributed by atoms with van der Waals surface area (Å²) in [6.45, 7) is 0. The van der Waals surface area contributed by atoms with Crippen molar-refractivity contribution in [3.63, 3.8) is 0 Å². The van der Waals surface area contributed by atoms with E-state index < -0.39 is 7.15 Å². The van der Waals surface area contributed by atoms with Gasteiger partial charge in [-0.05, 0) is 60.7 Å². The number of pyridine rings is 2. The number of fused-ring (bicyclic) bond motifs is 2. The molecule has 0 aliphatic heterocycles. The lowest BCUT2D eigenvalue weighted by molar-refractivity contribution is 0.0592. The third kappa shape index (κ3) is 6.45. The molecule has 0 aliphatic rings. The van der Waals surface area contributed by atoms with Gasteiger partial charge in [0.2, 0.25) is 0 Å². The Hall–Kier alpha value is -4.09. The minimum atomic E-state index is -1.00. The third-order valence-corrected chi connectivity index (χ3v) is 4.51. The summed E-state index contributed by atoms with van der Waals surface area (Å²) in [5, 5.41) is 10.8. The van der Waals surface area contributed by atoms with Gasteiger partial charge in [0, 0.05) is 10.8 Å². The molecule has 0 N–H and O–H groups in total. The topological polar surface area (TPSA) is 102 Å². The van der Waals surface area contributed by atoms with Crippen LogP contribution in [-0.2, 0) is 9.47 Å². The second-order valence-electron chi connectivity index (χ2n) is 6.24. The lowest BCUT2D eigenvalue weighted by Gasteiger charge is -2.01. The monoisotopic (exact) mass is 468 g/mol. The highest BCUT2D eigenvalue weighted by atomic mass is 35.5. The van der Waals surface area contributed by atoms with E-state index in [-0.39, 0.29) is 11.9 Å². The number of nitriles is 1. The number of hydrogen-bond donors (Lipinski definition) is 0. The zero-order valence-corrected chi connectivity index (χ0v) is 18.5. The number of methoxy groups -OCH3 is 2. The fourth-order valence-electron chi connectivity index (χ4n) is 2.78. The number of carbonyl (C=O) groups excluding carboxylic acids is 2. The maximum absolute atomic E-state index is 11.3. The first kappa shape index (κ1) is 23.6. The van der Waals surface area contributed by atoms with E-state index in [0.29, 0.717) is 27.5 Å². The van der Waals surface area contributed by atoms with E-state index in [1.165, 1.54) is 14.2 Å². The molecule has 0 bridgehead atoms. The van der Waals surface area contributed by atoms with Crippen LogP contribution in [0.3, 0.4) is 0 Å². The molecule has 0 saturated heterocycles. The molecule has 0 atom stereocenters. The van der Waals surface area contributed by atoms with Crippen LogP contribution in [0.25, 0.3) is 21.8 Å². The van der Waals surface area contributed by atoms with Crippen molar-refractivity contribution in [1.29, 1.82) is 5.26 Å². The van der Waals surface area contributed by atoms with E-state index >= 15 is 0 Å². The van der Waals surface area contributed by atoms with E-state index in [4.69, 9.17) is 18.2 Å². The van der Waals surface area contributed by atoms with Crippen LogP contribution in [0.5, 0.6) is 0 Å². The van der Waals surface area contributed by atoms with Crippen molar-refractivity contribution < 1.29 is 24.8 Å². The zero-order chi connectivity index (χ0) is 25.1. The summed E-state index contributed by atoms with van der Waals surface area (Å²) in [5.41, 5.74) is 2.79. The largest absolute Gasteiger partial charge is 0.465 e. The first-order valence-electron chi connectivity index (χ1n) is 9.96. The predicted molar refractivity (Wildman–Crippen MR) is 123 cm³/mol. The maximum atomic E-state index is 11.3. The Morgan fingerprint density at radius 3 is 1.88 bits per heavy atom. The molecule has 33 heavy (non-hydrogen) atoms. The molecule has 0 fully saturated rings. The predicted octanol–water partition coefficient (Wildman–Crippen LogP) is 5.15. The number of halogens is 2. The molecule has 0 saturated carbocycles. The Morgan fingerprint density at radius 1 is 0.909 bits per heavy atom. The minimum absolute atomic E-state index is 0.355. The maximum Gasteiger partial charge on any atom is 0.337 e. The number of esters is 2. The van der Waals surface area contributed by atoms with Gasteiger partial charge in [-0.15, -0.1) is 0 Å². The average Bonchev–Trinajstić information content (AvgIpc) is 2.87. The van der Waals surface area contributed by atoms with Crippen LogP contribution in [0, 0.1) is 11.3 Å². The van der Waals surface area contributed by atoms with Gasteiger partial charge in [0.25, 0.3) is 0 Å². The van der Waals surface area contributed by atoms with Gasteiger partial charge < -0.3 is 9.47 Å². The highest BCUT2D eigenvalue weighted by Crippen LogP contribution is 2.17. The molecule has 9 heteroatoms. The van der Waals surface area contributed by atoms with Gasteiger partial charge in [-0.25, -0.2) is 19.6 Å². The molecule has 0 amide bonds. The van der Waals surface area contributed by atoms with E-state index in [0.717, 1.165) is 16.3 Å². The highest BCUT2D eigenvalue weighted by Gasteiger charge is 2.07. The Labute approximate surface area is 195 Å². The number of hydrogen-bond acceptors (Lipinski definition) is 7. The summed E-state index contributed by atoms with van der Waals surface area (Å²) >= 11 is 5.75. The number of aromatic nitrogens is 2. The summed E-state index contributed by atoms with van der Waals surface area (Å²) in [5.74, 6) is -0.738. The Bertz CT molecular complexity index is 1360. The van der Waals surface area contributed by atoms with Crippen LogP contribution >= 0.6 is 11.6 Å². The third-order valence-electron chi connectivity index (χ3n) is 4.30. The SMILES string of the molecule is COC(=O)c1ccc2nc(C#N)ccc2c1.COC(=O)c1ccc2nc(Cl)ccc2c1.[2H]CF. The zero-order valence-electron chi connectivity index (χ0n) is 18.7. The van der Waals surface area contributed by atoms with Gasteiger partial charge in [-0.2, -0.15) is 5.26 Å². The number of nitrogens with zero attached hydrogens (tertiary/aromatic N) is 3. The lowest BCUT2D eigenvalue weighted by atomic mass is 10.1. The van der Waals surface area contributed by atoms with Gasteiger partial charge in [0.15, 0.2) is 0 Å². The van der Waals surface area contributed by atoms with Crippen LogP contribution in [0.2, 0.25) is 5.15 Å². The Morgan fingerprint density at radius 2 is 1.39 bits per heavy atom. The minimum Gasteiger partial charge on any atom is -0.465 e. The second-order valence-corrected chi connectivity index (χ2v) is 6.63. The van der Waals surface area contributed by atoms with E-state index in [2.05, 4.69) is 19.4 Å². The molecule has 0 radical (unpaired) electrons. The molecule has 2 aromatic carbocycles. The Balaban J connectivity index is 0.000000216. The van der Waals surface area contributed by atoms with Crippen LogP contribution < -0.4 is 0 Å². The summed E-state index contributed by atoms with van der Waals surface area (Å²) < 4.78 is 24.7. The summed E-state index contributed by atoms with van der Waals surface area (Å²) in [6, 6.07) is 19.0. The fourth-order valence-corrected chi connectivity index (χ4v) is 2.93. The molecule has 0 unspecified atom stereocenters. The van der Waals surface area contributed by atoms with Gasteiger partial charge >= 0.3 is 11.9 Å². The summed E-state index contributed by atoms with van der Waals surface area (Å²) in [7, 11) is 1.69. The van der Waals surface area contributed by atoms with Crippen LogP contribution in [0.1, 0.15) is 27.8 Å². The van der Waals surface area contributed by atoms with Crippen molar-refractivity contribution in [2.24, 2.45) is 0 Å². The van der Waals surface area contributed by atoms with Crippen LogP contribution in [0.15, 0.2) is 60.7 Å². The normalized spacial score (nSPS) is 9.97. The molecule has 2 aromatic heterocycles. The van der Waals surface area contributed by atoms with Crippen molar-refractivity contribution in [2.45, 2.75) is 0 Å².